The van der Waals surface area contributed by atoms with E-state index in [2.05, 4.69) is 29.6 Å². The van der Waals surface area contributed by atoms with E-state index in [1.54, 1.807) is 4.90 Å². The van der Waals surface area contributed by atoms with Crippen molar-refractivity contribution in [3.05, 3.63) is 59.7 Å². The van der Waals surface area contributed by atoms with Gasteiger partial charge in [-0.05, 0) is 47.4 Å². The summed E-state index contributed by atoms with van der Waals surface area (Å²) >= 11 is 0. The fourth-order valence-electron chi connectivity index (χ4n) is 6.09. The van der Waals surface area contributed by atoms with Gasteiger partial charge < -0.3 is 20.1 Å². The standard InChI is InChI=1S/C27H30N2O5/c30-25(29-23-12-6-1-7-17(23)15-24(29)26(31)32)13-14-28-27(33)34-16-22-20-10-4-2-8-18(20)19-9-3-5-11-21(19)22/h2-5,8-11,17,22-24H,1,6-7,12-16H2,(H,28,33)(H,31,32). The first-order valence-electron chi connectivity index (χ1n) is 12.2. The molecule has 3 atom stereocenters. The van der Waals surface area contributed by atoms with Crippen molar-refractivity contribution in [1.82, 2.24) is 10.2 Å². The minimum atomic E-state index is -0.938. The van der Waals surface area contributed by atoms with Crippen LogP contribution in [0.4, 0.5) is 4.79 Å². The molecule has 7 heteroatoms. The lowest BCUT2D eigenvalue weighted by Gasteiger charge is -2.33. The molecule has 3 unspecified atom stereocenters. The first-order chi connectivity index (χ1) is 16.5. The van der Waals surface area contributed by atoms with Gasteiger partial charge in [-0.2, -0.15) is 0 Å². The summed E-state index contributed by atoms with van der Waals surface area (Å²) in [4.78, 5) is 38.6. The SMILES string of the molecule is O=C(NCCC(=O)N1C(C(=O)O)CC2CCCCC21)OCC1c2ccccc2-c2ccccc21. The van der Waals surface area contributed by atoms with E-state index in [0.717, 1.165) is 47.9 Å². The van der Waals surface area contributed by atoms with Crippen LogP contribution in [0.2, 0.25) is 0 Å². The minimum absolute atomic E-state index is 0.0109. The Morgan fingerprint density at radius 1 is 0.971 bits per heavy atom. The number of alkyl carbamates (subject to hydrolysis) is 1. The van der Waals surface area contributed by atoms with Gasteiger partial charge in [-0.15, -0.1) is 0 Å². The van der Waals surface area contributed by atoms with E-state index in [-0.39, 0.29) is 43.4 Å². The third kappa shape index (κ3) is 4.15. The van der Waals surface area contributed by atoms with E-state index in [4.69, 9.17) is 4.74 Å². The van der Waals surface area contributed by atoms with Gasteiger partial charge in [-0.3, -0.25) is 4.79 Å². The Morgan fingerprint density at radius 3 is 2.29 bits per heavy atom. The van der Waals surface area contributed by atoms with Crippen molar-refractivity contribution >= 4 is 18.0 Å². The largest absolute Gasteiger partial charge is 0.480 e. The van der Waals surface area contributed by atoms with Gasteiger partial charge in [0.2, 0.25) is 5.91 Å². The number of carboxylic acid groups (broad SMARTS) is 1. The van der Waals surface area contributed by atoms with Crippen LogP contribution in [0.1, 0.15) is 55.6 Å². The molecule has 2 N–H and O–H groups in total. The summed E-state index contributed by atoms with van der Waals surface area (Å²) in [6.45, 7) is 0.334. The molecule has 0 radical (unpaired) electrons. The summed E-state index contributed by atoms with van der Waals surface area (Å²) in [5, 5.41) is 12.3. The Kier molecular flexibility index (Phi) is 6.26. The van der Waals surface area contributed by atoms with Crippen LogP contribution in [0.5, 0.6) is 0 Å². The van der Waals surface area contributed by atoms with Crippen molar-refractivity contribution in [2.75, 3.05) is 13.2 Å². The summed E-state index contributed by atoms with van der Waals surface area (Å²) in [5.74, 6) is -0.897. The molecule has 1 heterocycles. The van der Waals surface area contributed by atoms with Gasteiger partial charge in [0.15, 0.2) is 0 Å². The van der Waals surface area contributed by atoms with Gasteiger partial charge >= 0.3 is 12.1 Å². The summed E-state index contributed by atoms with van der Waals surface area (Å²) < 4.78 is 5.52. The highest BCUT2D eigenvalue weighted by Crippen LogP contribution is 2.44. The number of fused-ring (bicyclic) bond motifs is 4. The molecule has 7 nitrogen and oxygen atoms in total. The zero-order valence-corrected chi connectivity index (χ0v) is 19.1. The van der Waals surface area contributed by atoms with Crippen molar-refractivity contribution in [3.63, 3.8) is 0 Å². The van der Waals surface area contributed by atoms with Crippen molar-refractivity contribution in [3.8, 4) is 11.1 Å². The van der Waals surface area contributed by atoms with Crippen LogP contribution < -0.4 is 5.32 Å². The number of carboxylic acids is 1. The number of likely N-dealkylation sites (tertiary alicyclic amines) is 1. The van der Waals surface area contributed by atoms with Crippen LogP contribution in [0.15, 0.2) is 48.5 Å². The zero-order chi connectivity index (χ0) is 23.7. The molecule has 178 valence electrons. The smallest absolute Gasteiger partial charge is 0.407 e. The molecule has 1 saturated carbocycles. The van der Waals surface area contributed by atoms with E-state index < -0.39 is 18.1 Å². The predicted molar refractivity (Wildman–Crippen MR) is 126 cm³/mol. The Bertz CT molecular complexity index is 1050. The lowest BCUT2D eigenvalue weighted by atomic mass is 9.84. The fraction of sp³-hybridized carbons (Fsp3) is 0.444. The normalized spacial score (nSPS) is 23.1. The highest BCUT2D eigenvalue weighted by molar-refractivity contribution is 5.85. The van der Waals surface area contributed by atoms with Crippen LogP contribution in [0.3, 0.4) is 0 Å². The molecule has 0 aromatic heterocycles. The Morgan fingerprint density at radius 2 is 1.62 bits per heavy atom. The van der Waals surface area contributed by atoms with Gasteiger partial charge in [0.05, 0.1) is 0 Å². The van der Waals surface area contributed by atoms with E-state index in [1.165, 1.54) is 0 Å². The van der Waals surface area contributed by atoms with Gasteiger partial charge in [0.25, 0.3) is 0 Å². The molecule has 2 amide bonds. The number of benzene rings is 2. The average molecular weight is 463 g/mol. The second kappa shape index (κ2) is 9.49. The Labute approximate surface area is 199 Å². The highest BCUT2D eigenvalue weighted by Gasteiger charge is 2.47. The molecular formula is C27H30N2O5. The number of rotatable bonds is 6. The number of nitrogens with zero attached hydrogens (tertiary/aromatic N) is 1. The molecule has 5 rings (SSSR count). The van der Waals surface area contributed by atoms with Gasteiger partial charge in [0.1, 0.15) is 12.6 Å². The maximum atomic E-state index is 12.9. The number of carbonyl (C=O) groups excluding carboxylic acids is 2. The van der Waals surface area contributed by atoms with E-state index >= 15 is 0 Å². The number of hydrogen-bond donors (Lipinski definition) is 2. The van der Waals surface area contributed by atoms with Crippen LogP contribution in [-0.2, 0) is 14.3 Å². The van der Waals surface area contributed by atoms with Crippen LogP contribution >= 0.6 is 0 Å². The summed E-state index contributed by atoms with van der Waals surface area (Å²) in [6, 6.07) is 15.5. The lowest BCUT2D eigenvalue weighted by molar-refractivity contribution is -0.149. The van der Waals surface area contributed by atoms with E-state index in [9.17, 15) is 19.5 Å². The quantitative estimate of drug-likeness (QED) is 0.672. The number of amides is 2. The van der Waals surface area contributed by atoms with E-state index in [0.29, 0.717) is 6.42 Å². The van der Waals surface area contributed by atoms with Crippen molar-refractivity contribution in [2.24, 2.45) is 5.92 Å². The molecule has 0 spiro atoms. The molecule has 1 saturated heterocycles. The number of carbonyl (C=O) groups is 3. The Hall–Kier alpha value is -3.35. The molecular weight excluding hydrogens is 432 g/mol. The monoisotopic (exact) mass is 462 g/mol. The van der Waals surface area contributed by atoms with Crippen LogP contribution in [0.25, 0.3) is 11.1 Å². The molecule has 2 aromatic rings. The van der Waals surface area contributed by atoms with Crippen molar-refractivity contribution in [1.29, 1.82) is 0 Å². The van der Waals surface area contributed by atoms with Crippen molar-refractivity contribution in [2.45, 2.75) is 56.5 Å². The maximum Gasteiger partial charge on any atom is 0.407 e. The van der Waals surface area contributed by atoms with Gasteiger partial charge in [-0.1, -0.05) is 61.4 Å². The second-order valence-electron chi connectivity index (χ2n) is 9.50. The number of ether oxygens (including phenoxy) is 1. The van der Waals surface area contributed by atoms with Gasteiger partial charge in [-0.25, -0.2) is 9.59 Å². The predicted octanol–water partition coefficient (Wildman–Crippen LogP) is 4.16. The molecule has 2 fully saturated rings. The van der Waals surface area contributed by atoms with E-state index in [1.807, 2.05) is 24.3 Å². The molecule has 1 aliphatic heterocycles. The first kappa shape index (κ1) is 22.4. The maximum absolute atomic E-state index is 12.9. The average Bonchev–Trinajstić information content (AvgIpc) is 3.39. The Balaban J connectivity index is 1.15. The topological polar surface area (TPSA) is 95.9 Å². The third-order valence-corrected chi connectivity index (χ3v) is 7.61. The highest BCUT2D eigenvalue weighted by atomic mass is 16.5. The number of aliphatic carboxylic acids is 1. The summed E-state index contributed by atoms with van der Waals surface area (Å²) in [7, 11) is 0. The van der Waals surface area contributed by atoms with Crippen LogP contribution in [0, 0.1) is 5.92 Å². The minimum Gasteiger partial charge on any atom is -0.480 e. The van der Waals surface area contributed by atoms with Crippen molar-refractivity contribution < 1.29 is 24.2 Å². The number of nitrogens with one attached hydrogen (secondary N) is 1. The van der Waals surface area contributed by atoms with Gasteiger partial charge in [0, 0.05) is 24.9 Å². The third-order valence-electron chi connectivity index (χ3n) is 7.61. The second-order valence-corrected chi connectivity index (χ2v) is 9.50. The first-order valence-corrected chi connectivity index (χ1v) is 12.2. The molecule has 2 aromatic carbocycles. The summed E-state index contributed by atoms with van der Waals surface area (Å²) in [6.07, 6.45) is 3.99. The molecule has 34 heavy (non-hydrogen) atoms. The lowest BCUT2D eigenvalue weighted by Crippen LogP contribution is -2.47. The van der Waals surface area contributed by atoms with Crippen LogP contribution in [-0.4, -0.2) is 53.2 Å². The molecule has 2 aliphatic carbocycles. The zero-order valence-electron chi connectivity index (χ0n) is 19.1. The summed E-state index contributed by atoms with van der Waals surface area (Å²) in [5.41, 5.74) is 4.61. The fourth-order valence-corrected chi connectivity index (χ4v) is 6.09. The molecule has 3 aliphatic rings. The molecule has 0 bridgehead atoms. The number of hydrogen-bond acceptors (Lipinski definition) is 4.